The van der Waals surface area contributed by atoms with Gasteiger partial charge in [-0.15, -0.1) is 0 Å². The average Bonchev–Trinajstić information content (AvgIpc) is 2.46. The molecule has 0 saturated heterocycles. The number of hydrogen-bond donors (Lipinski definition) is 2. The van der Waals surface area contributed by atoms with Crippen molar-refractivity contribution in [3.05, 3.63) is 59.2 Å². The Hall–Kier alpha value is -2.13. The zero-order valence-electron chi connectivity index (χ0n) is 10.5. The van der Waals surface area contributed by atoms with E-state index >= 15 is 0 Å². The van der Waals surface area contributed by atoms with Crippen molar-refractivity contribution in [3.8, 4) is 11.1 Å². The second-order valence-corrected chi connectivity index (χ2v) is 4.76. The predicted octanol–water partition coefficient (Wildman–Crippen LogP) is 2.70. The van der Waals surface area contributed by atoms with Crippen LogP contribution in [0.2, 0.25) is 0 Å². The van der Waals surface area contributed by atoms with Crippen LogP contribution in [0.15, 0.2) is 42.5 Å². The second-order valence-electron chi connectivity index (χ2n) is 4.76. The number of carboxylic acid groups (broad SMARTS) is 1. The minimum Gasteiger partial charge on any atom is -0.478 e. The van der Waals surface area contributed by atoms with Crippen molar-refractivity contribution in [2.75, 3.05) is 6.54 Å². The van der Waals surface area contributed by atoms with Crippen molar-refractivity contribution in [1.82, 2.24) is 5.32 Å². The van der Waals surface area contributed by atoms with E-state index in [1.807, 2.05) is 18.2 Å². The molecule has 19 heavy (non-hydrogen) atoms. The summed E-state index contributed by atoms with van der Waals surface area (Å²) >= 11 is 0. The van der Waals surface area contributed by atoms with Gasteiger partial charge in [0.05, 0.1) is 5.56 Å². The molecule has 0 atom stereocenters. The molecule has 3 heteroatoms. The van der Waals surface area contributed by atoms with Crippen LogP contribution in [0.4, 0.5) is 0 Å². The fraction of sp³-hybridized carbons (Fsp3) is 0.188. The largest absolute Gasteiger partial charge is 0.478 e. The Morgan fingerprint density at radius 1 is 1.11 bits per heavy atom. The van der Waals surface area contributed by atoms with Gasteiger partial charge in [0.2, 0.25) is 0 Å². The number of carbonyl (C=O) groups is 1. The van der Waals surface area contributed by atoms with Crippen molar-refractivity contribution in [2.24, 2.45) is 0 Å². The molecule has 0 fully saturated rings. The summed E-state index contributed by atoms with van der Waals surface area (Å²) in [5.74, 6) is -0.880. The maximum Gasteiger partial charge on any atom is 0.336 e. The molecule has 0 aromatic heterocycles. The zero-order valence-corrected chi connectivity index (χ0v) is 10.5. The van der Waals surface area contributed by atoms with Crippen LogP contribution < -0.4 is 5.32 Å². The summed E-state index contributed by atoms with van der Waals surface area (Å²) in [4.78, 5) is 11.3. The quantitative estimate of drug-likeness (QED) is 0.865. The van der Waals surface area contributed by atoms with Crippen LogP contribution in [0.1, 0.15) is 21.5 Å². The van der Waals surface area contributed by atoms with Gasteiger partial charge in [-0.3, -0.25) is 0 Å². The number of carboxylic acids is 1. The minimum absolute atomic E-state index is 0.358. The fourth-order valence-electron chi connectivity index (χ4n) is 2.57. The highest BCUT2D eigenvalue weighted by Crippen LogP contribution is 2.27. The SMILES string of the molecule is O=C(O)c1ccccc1-c1ccc2c(c1)CCNC2. The van der Waals surface area contributed by atoms with Crippen LogP contribution in [0.25, 0.3) is 11.1 Å². The number of fused-ring (bicyclic) bond motifs is 1. The molecule has 0 unspecified atom stereocenters. The summed E-state index contributed by atoms with van der Waals surface area (Å²) in [5, 5.41) is 12.6. The molecule has 0 aliphatic carbocycles. The molecule has 3 nitrogen and oxygen atoms in total. The first-order valence-electron chi connectivity index (χ1n) is 6.41. The van der Waals surface area contributed by atoms with Gasteiger partial charge in [-0.2, -0.15) is 0 Å². The van der Waals surface area contributed by atoms with Gasteiger partial charge >= 0.3 is 5.97 Å². The fourth-order valence-corrected chi connectivity index (χ4v) is 2.57. The van der Waals surface area contributed by atoms with E-state index in [1.54, 1.807) is 12.1 Å². The lowest BCUT2D eigenvalue weighted by atomic mass is 9.93. The van der Waals surface area contributed by atoms with Crippen LogP contribution in [0.3, 0.4) is 0 Å². The Bertz CT molecular complexity index is 634. The van der Waals surface area contributed by atoms with E-state index in [-0.39, 0.29) is 0 Å². The van der Waals surface area contributed by atoms with Gasteiger partial charge in [-0.1, -0.05) is 36.4 Å². The van der Waals surface area contributed by atoms with Gasteiger partial charge in [0.1, 0.15) is 0 Å². The maximum atomic E-state index is 11.3. The van der Waals surface area contributed by atoms with E-state index in [4.69, 9.17) is 0 Å². The summed E-state index contributed by atoms with van der Waals surface area (Å²) in [7, 11) is 0. The first-order valence-corrected chi connectivity index (χ1v) is 6.41. The molecule has 96 valence electrons. The minimum atomic E-state index is -0.880. The molecule has 0 bridgehead atoms. The van der Waals surface area contributed by atoms with Gasteiger partial charge < -0.3 is 10.4 Å². The van der Waals surface area contributed by atoms with Gasteiger partial charge in [0.15, 0.2) is 0 Å². The van der Waals surface area contributed by atoms with Gasteiger partial charge in [0, 0.05) is 6.54 Å². The lowest BCUT2D eigenvalue weighted by Crippen LogP contribution is -2.23. The molecule has 2 N–H and O–H groups in total. The van der Waals surface area contributed by atoms with Crippen LogP contribution in [-0.2, 0) is 13.0 Å². The molecule has 3 rings (SSSR count). The monoisotopic (exact) mass is 253 g/mol. The smallest absolute Gasteiger partial charge is 0.336 e. The van der Waals surface area contributed by atoms with Crippen LogP contribution in [0.5, 0.6) is 0 Å². The standard InChI is InChI=1S/C16H15NO2/c18-16(19)15-4-2-1-3-14(15)12-5-6-13-10-17-8-7-11(13)9-12/h1-6,9,17H,7-8,10H2,(H,18,19). The molecule has 1 heterocycles. The van der Waals surface area contributed by atoms with Crippen molar-refractivity contribution in [2.45, 2.75) is 13.0 Å². The Balaban J connectivity index is 2.10. The first-order chi connectivity index (χ1) is 9.25. The third-order valence-electron chi connectivity index (χ3n) is 3.56. The highest BCUT2D eigenvalue weighted by molar-refractivity contribution is 5.96. The Morgan fingerprint density at radius 2 is 1.95 bits per heavy atom. The summed E-state index contributed by atoms with van der Waals surface area (Å²) in [6, 6.07) is 13.4. The number of nitrogens with one attached hydrogen (secondary N) is 1. The molecule has 2 aromatic rings. The van der Waals surface area contributed by atoms with Gasteiger partial charge in [-0.25, -0.2) is 4.79 Å². The van der Waals surface area contributed by atoms with E-state index in [2.05, 4.69) is 17.4 Å². The maximum absolute atomic E-state index is 11.3. The van der Waals surface area contributed by atoms with E-state index < -0.39 is 5.97 Å². The highest BCUT2D eigenvalue weighted by atomic mass is 16.4. The summed E-state index contributed by atoms with van der Waals surface area (Å²) < 4.78 is 0. The number of hydrogen-bond acceptors (Lipinski definition) is 2. The molecule has 0 radical (unpaired) electrons. The van der Waals surface area contributed by atoms with E-state index in [0.717, 1.165) is 30.6 Å². The van der Waals surface area contributed by atoms with Crippen molar-refractivity contribution in [3.63, 3.8) is 0 Å². The summed E-state index contributed by atoms with van der Waals surface area (Å²) in [5.41, 5.74) is 4.76. The van der Waals surface area contributed by atoms with Crippen LogP contribution in [0, 0.1) is 0 Å². The number of aromatic carboxylic acids is 1. The third-order valence-corrected chi connectivity index (χ3v) is 3.56. The van der Waals surface area contributed by atoms with Crippen LogP contribution in [-0.4, -0.2) is 17.6 Å². The lowest BCUT2D eigenvalue weighted by molar-refractivity contribution is 0.0697. The van der Waals surface area contributed by atoms with Gasteiger partial charge in [0.25, 0.3) is 0 Å². The predicted molar refractivity (Wildman–Crippen MR) is 74.2 cm³/mol. The Kier molecular flexibility index (Phi) is 3.05. The zero-order chi connectivity index (χ0) is 13.2. The number of rotatable bonds is 2. The molecule has 2 aromatic carbocycles. The van der Waals surface area contributed by atoms with Crippen molar-refractivity contribution in [1.29, 1.82) is 0 Å². The molecule has 1 aliphatic heterocycles. The average molecular weight is 253 g/mol. The van der Waals surface area contributed by atoms with E-state index in [1.165, 1.54) is 11.1 Å². The molecular formula is C16H15NO2. The molecule has 0 spiro atoms. The van der Waals surface area contributed by atoms with E-state index in [9.17, 15) is 9.90 Å². The molecular weight excluding hydrogens is 238 g/mol. The topological polar surface area (TPSA) is 49.3 Å². The van der Waals surface area contributed by atoms with Crippen LogP contribution >= 0.6 is 0 Å². The summed E-state index contributed by atoms with van der Waals surface area (Å²) in [6.45, 7) is 1.88. The van der Waals surface area contributed by atoms with Crippen molar-refractivity contribution >= 4 is 5.97 Å². The molecule has 0 saturated carbocycles. The summed E-state index contributed by atoms with van der Waals surface area (Å²) in [6.07, 6.45) is 0.998. The third kappa shape index (κ3) is 2.25. The second kappa shape index (κ2) is 4.86. The first kappa shape index (κ1) is 11.9. The lowest BCUT2D eigenvalue weighted by Gasteiger charge is -2.18. The van der Waals surface area contributed by atoms with E-state index in [0.29, 0.717) is 5.56 Å². The molecule has 0 amide bonds. The Labute approximate surface area is 111 Å². The molecule has 1 aliphatic rings. The van der Waals surface area contributed by atoms with Gasteiger partial charge in [-0.05, 0) is 41.3 Å². The highest BCUT2D eigenvalue weighted by Gasteiger charge is 2.13. The van der Waals surface area contributed by atoms with Crippen molar-refractivity contribution < 1.29 is 9.90 Å². The number of benzene rings is 2. The normalized spacial score (nSPS) is 13.9. The Morgan fingerprint density at radius 3 is 2.79 bits per heavy atom.